The Labute approximate surface area is 127 Å². The third kappa shape index (κ3) is 3.34. The van der Waals surface area contributed by atoms with Gasteiger partial charge in [0.2, 0.25) is 0 Å². The fourth-order valence-electron chi connectivity index (χ4n) is 2.45. The molecule has 0 saturated carbocycles. The standard InChI is InChI=1S/C19H22N2/c1-4-17(16-12-8-9-14(2)13-16)18(19(20)21-3)15-10-6-5-7-11-15/h4-13,21H,20H2,1-3H3/b17-4-,19-18-. The maximum Gasteiger partial charge on any atom is 0.104 e. The molecule has 3 N–H and O–H groups in total. The first kappa shape index (κ1) is 14.9. The fraction of sp³-hybridized carbons (Fsp3) is 0.158. The van der Waals surface area contributed by atoms with Crippen molar-refractivity contribution in [3.8, 4) is 0 Å². The summed E-state index contributed by atoms with van der Waals surface area (Å²) in [5, 5.41) is 3.08. The van der Waals surface area contributed by atoms with Crippen molar-refractivity contribution in [2.45, 2.75) is 13.8 Å². The molecule has 0 aliphatic heterocycles. The van der Waals surface area contributed by atoms with E-state index in [9.17, 15) is 0 Å². The molecular formula is C19H22N2. The fourth-order valence-corrected chi connectivity index (χ4v) is 2.45. The number of hydrogen-bond donors (Lipinski definition) is 2. The Balaban J connectivity index is 2.61. The molecule has 0 amide bonds. The summed E-state index contributed by atoms with van der Waals surface area (Å²) in [7, 11) is 1.85. The number of hydrogen-bond acceptors (Lipinski definition) is 2. The monoisotopic (exact) mass is 278 g/mol. The molecule has 2 nitrogen and oxygen atoms in total. The highest BCUT2D eigenvalue weighted by atomic mass is 15.0. The van der Waals surface area contributed by atoms with E-state index < -0.39 is 0 Å². The minimum absolute atomic E-state index is 0.677. The molecule has 0 radical (unpaired) electrons. The van der Waals surface area contributed by atoms with Gasteiger partial charge in [0, 0.05) is 12.6 Å². The third-order valence-corrected chi connectivity index (χ3v) is 3.49. The molecule has 2 rings (SSSR count). The van der Waals surface area contributed by atoms with Gasteiger partial charge in [-0.3, -0.25) is 0 Å². The molecule has 0 heterocycles. The number of aryl methyl sites for hydroxylation is 1. The first-order chi connectivity index (χ1) is 10.2. The minimum atomic E-state index is 0.677. The second kappa shape index (κ2) is 6.80. The van der Waals surface area contributed by atoms with Crippen LogP contribution in [-0.4, -0.2) is 7.05 Å². The summed E-state index contributed by atoms with van der Waals surface area (Å²) in [5.74, 6) is 0.677. The summed E-state index contributed by atoms with van der Waals surface area (Å²) in [6, 6.07) is 18.7. The first-order valence-electron chi connectivity index (χ1n) is 7.14. The largest absolute Gasteiger partial charge is 0.385 e. The zero-order chi connectivity index (χ0) is 15.2. The Bertz CT molecular complexity index is 667. The third-order valence-electron chi connectivity index (χ3n) is 3.49. The van der Waals surface area contributed by atoms with Gasteiger partial charge in [0.1, 0.15) is 5.82 Å². The Kier molecular flexibility index (Phi) is 4.83. The molecule has 0 bridgehead atoms. The van der Waals surface area contributed by atoms with Crippen LogP contribution < -0.4 is 11.1 Å². The highest BCUT2D eigenvalue weighted by Gasteiger charge is 2.13. The highest BCUT2D eigenvalue weighted by Crippen LogP contribution is 2.32. The number of rotatable bonds is 4. The lowest BCUT2D eigenvalue weighted by molar-refractivity contribution is 0.972. The quantitative estimate of drug-likeness (QED) is 0.831. The van der Waals surface area contributed by atoms with Crippen molar-refractivity contribution < 1.29 is 0 Å². The topological polar surface area (TPSA) is 38.0 Å². The normalized spacial score (nSPS) is 12.8. The van der Waals surface area contributed by atoms with Crippen LogP contribution >= 0.6 is 0 Å². The molecule has 108 valence electrons. The van der Waals surface area contributed by atoms with Gasteiger partial charge >= 0.3 is 0 Å². The summed E-state index contributed by atoms with van der Waals surface area (Å²) < 4.78 is 0. The molecule has 2 heteroatoms. The van der Waals surface area contributed by atoms with Gasteiger partial charge < -0.3 is 11.1 Å². The summed E-state index contributed by atoms with van der Waals surface area (Å²) in [4.78, 5) is 0. The molecule has 0 aromatic heterocycles. The average Bonchev–Trinajstić information content (AvgIpc) is 2.52. The van der Waals surface area contributed by atoms with Crippen molar-refractivity contribution in [3.63, 3.8) is 0 Å². The van der Waals surface area contributed by atoms with E-state index >= 15 is 0 Å². The van der Waals surface area contributed by atoms with Crippen molar-refractivity contribution in [3.05, 3.63) is 83.2 Å². The summed E-state index contributed by atoms with van der Waals surface area (Å²) in [6.07, 6.45) is 2.11. The lowest BCUT2D eigenvalue weighted by Gasteiger charge is -2.16. The van der Waals surface area contributed by atoms with Gasteiger partial charge in [-0.15, -0.1) is 0 Å². The van der Waals surface area contributed by atoms with Crippen LogP contribution in [0.25, 0.3) is 11.1 Å². The van der Waals surface area contributed by atoms with Crippen LogP contribution in [0.4, 0.5) is 0 Å². The number of nitrogens with one attached hydrogen (secondary N) is 1. The molecule has 0 aliphatic carbocycles. The van der Waals surface area contributed by atoms with E-state index in [4.69, 9.17) is 5.73 Å². The summed E-state index contributed by atoms with van der Waals surface area (Å²) >= 11 is 0. The van der Waals surface area contributed by atoms with Crippen LogP contribution in [0.2, 0.25) is 0 Å². The van der Waals surface area contributed by atoms with E-state index in [0.717, 1.165) is 16.7 Å². The zero-order valence-electron chi connectivity index (χ0n) is 12.9. The average molecular weight is 278 g/mol. The van der Waals surface area contributed by atoms with Gasteiger partial charge in [-0.1, -0.05) is 66.2 Å². The van der Waals surface area contributed by atoms with Crippen LogP contribution in [0, 0.1) is 6.92 Å². The summed E-state index contributed by atoms with van der Waals surface area (Å²) in [5.41, 5.74) is 11.9. The Morgan fingerprint density at radius 2 is 1.67 bits per heavy atom. The van der Waals surface area contributed by atoms with Crippen LogP contribution in [-0.2, 0) is 0 Å². The maximum absolute atomic E-state index is 6.23. The molecule has 0 saturated heterocycles. The van der Waals surface area contributed by atoms with Gasteiger partial charge in [-0.2, -0.15) is 0 Å². The second-order valence-corrected chi connectivity index (χ2v) is 4.98. The lowest BCUT2D eigenvalue weighted by Crippen LogP contribution is -2.17. The van der Waals surface area contributed by atoms with Gasteiger partial charge in [0.25, 0.3) is 0 Å². The van der Waals surface area contributed by atoms with E-state index in [-0.39, 0.29) is 0 Å². The van der Waals surface area contributed by atoms with Gasteiger partial charge in [0.05, 0.1) is 0 Å². The lowest BCUT2D eigenvalue weighted by atomic mass is 9.91. The van der Waals surface area contributed by atoms with Crippen molar-refractivity contribution >= 4 is 11.1 Å². The smallest absolute Gasteiger partial charge is 0.104 e. The second-order valence-electron chi connectivity index (χ2n) is 4.98. The first-order valence-corrected chi connectivity index (χ1v) is 7.14. The van der Waals surface area contributed by atoms with E-state index in [0.29, 0.717) is 5.82 Å². The van der Waals surface area contributed by atoms with Gasteiger partial charge in [0.15, 0.2) is 0 Å². The number of allylic oxidation sites excluding steroid dienone is 3. The molecule has 2 aromatic carbocycles. The van der Waals surface area contributed by atoms with Crippen LogP contribution in [0.15, 0.2) is 66.5 Å². The van der Waals surface area contributed by atoms with Crippen molar-refractivity contribution in [1.82, 2.24) is 5.32 Å². The molecule has 2 aromatic rings. The van der Waals surface area contributed by atoms with E-state index in [1.54, 1.807) is 0 Å². The maximum atomic E-state index is 6.23. The van der Waals surface area contributed by atoms with E-state index in [2.05, 4.69) is 54.7 Å². The predicted octanol–water partition coefficient (Wildman–Crippen LogP) is 3.95. The molecule has 0 unspecified atom stereocenters. The molecule has 0 atom stereocenters. The van der Waals surface area contributed by atoms with Gasteiger partial charge in [-0.25, -0.2) is 0 Å². The summed E-state index contributed by atoms with van der Waals surface area (Å²) in [6.45, 7) is 4.15. The van der Waals surface area contributed by atoms with E-state index in [1.165, 1.54) is 11.1 Å². The predicted molar refractivity (Wildman–Crippen MR) is 91.4 cm³/mol. The van der Waals surface area contributed by atoms with Crippen LogP contribution in [0.1, 0.15) is 23.6 Å². The molecular weight excluding hydrogens is 256 g/mol. The van der Waals surface area contributed by atoms with Crippen molar-refractivity contribution in [2.75, 3.05) is 7.05 Å². The number of benzene rings is 2. The Hall–Kier alpha value is -2.48. The highest BCUT2D eigenvalue weighted by molar-refractivity contribution is 6.05. The number of nitrogens with two attached hydrogens (primary N) is 1. The van der Waals surface area contributed by atoms with E-state index in [1.807, 2.05) is 32.2 Å². The molecule has 0 spiro atoms. The van der Waals surface area contributed by atoms with Crippen LogP contribution in [0.5, 0.6) is 0 Å². The minimum Gasteiger partial charge on any atom is -0.385 e. The molecule has 0 fully saturated rings. The molecule has 21 heavy (non-hydrogen) atoms. The van der Waals surface area contributed by atoms with Crippen molar-refractivity contribution in [1.29, 1.82) is 0 Å². The Morgan fingerprint density at radius 1 is 1.00 bits per heavy atom. The van der Waals surface area contributed by atoms with Gasteiger partial charge in [-0.05, 0) is 30.5 Å². The Morgan fingerprint density at radius 3 is 2.24 bits per heavy atom. The van der Waals surface area contributed by atoms with Crippen LogP contribution in [0.3, 0.4) is 0 Å². The SMILES string of the molecule is C/C=C(\C(=C(\N)NC)c1ccccc1)c1cccc(C)c1. The molecule has 0 aliphatic rings. The zero-order valence-corrected chi connectivity index (χ0v) is 12.9. The van der Waals surface area contributed by atoms with Crippen molar-refractivity contribution in [2.24, 2.45) is 5.73 Å².